The molecule has 0 aliphatic heterocycles. The average molecular weight is 500 g/mol. The lowest BCUT2D eigenvalue weighted by atomic mass is 9.85. The molecule has 2 heteroatoms. The molecule has 0 nitrogen and oxygen atoms in total. The highest BCUT2D eigenvalue weighted by molar-refractivity contribution is 9.11. The molecular weight excluding hydrogens is 472 g/mol. The fraction of sp³-hybridized carbons (Fsp3) is 0.308. The van der Waals surface area contributed by atoms with Crippen LogP contribution < -0.4 is 0 Å². The van der Waals surface area contributed by atoms with Crippen molar-refractivity contribution in [1.82, 2.24) is 0 Å². The number of hydrogen-bond acceptors (Lipinski definition) is 0. The van der Waals surface area contributed by atoms with Crippen molar-refractivity contribution >= 4 is 31.9 Å². The summed E-state index contributed by atoms with van der Waals surface area (Å²) in [5, 5.41) is 0. The summed E-state index contributed by atoms with van der Waals surface area (Å²) in [4.78, 5) is 0. The van der Waals surface area contributed by atoms with Crippen LogP contribution in [-0.2, 0) is 10.8 Å². The normalized spacial score (nSPS) is 12.3. The van der Waals surface area contributed by atoms with Gasteiger partial charge in [0.15, 0.2) is 0 Å². The van der Waals surface area contributed by atoms with E-state index in [4.69, 9.17) is 0 Å². The second-order valence-electron chi connectivity index (χ2n) is 9.47. The van der Waals surface area contributed by atoms with Gasteiger partial charge in [-0.2, -0.15) is 0 Å². The van der Waals surface area contributed by atoms with Crippen LogP contribution in [0.4, 0.5) is 0 Å². The van der Waals surface area contributed by atoms with Gasteiger partial charge in [0.1, 0.15) is 0 Å². The van der Waals surface area contributed by atoms with E-state index >= 15 is 0 Å². The van der Waals surface area contributed by atoms with Crippen LogP contribution in [0.25, 0.3) is 22.3 Å². The maximum atomic E-state index is 3.76. The molecule has 0 fully saturated rings. The molecule has 0 unspecified atom stereocenters. The van der Waals surface area contributed by atoms with Gasteiger partial charge in [0.05, 0.1) is 0 Å². The van der Waals surface area contributed by atoms with Gasteiger partial charge in [-0.05, 0) is 56.3 Å². The van der Waals surface area contributed by atoms with Crippen LogP contribution in [0.3, 0.4) is 0 Å². The average Bonchev–Trinajstić information content (AvgIpc) is 2.61. The van der Waals surface area contributed by atoms with Crippen molar-refractivity contribution in [2.45, 2.75) is 52.4 Å². The van der Waals surface area contributed by atoms with Gasteiger partial charge in [-0.1, -0.05) is 122 Å². The molecule has 0 amide bonds. The molecular formula is C26H28Br2. The third-order valence-corrected chi connectivity index (χ3v) is 6.49. The van der Waals surface area contributed by atoms with Crippen molar-refractivity contribution in [2.75, 3.05) is 0 Å². The fourth-order valence-electron chi connectivity index (χ4n) is 3.29. The van der Waals surface area contributed by atoms with E-state index in [2.05, 4.69) is 134 Å². The number of rotatable bonds is 2. The maximum absolute atomic E-state index is 3.76. The molecule has 0 atom stereocenters. The van der Waals surface area contributed by atoms with E-state index in [0.717, 1.165) is 8.95 Å². The minimum absolute atomic E-state index is 0.162. The topological polar surface area (TPSA) is 0 Å². The highest BCUT2D eigenvalue weighted by Gasteiger charge is 2.16. The Morgan fingerprint density at radius 2 is 0.821 bits per heavy atom. The van der Waals surface area contributed by atoms with E-state index in [1.807, 2.05) is 0 Å². The summed E-state index contributed by atoms with van der Waals surface area (Å²) in [6.07, 6.45) is 0. The number of halogens is 2. The molecule has 0 N–H and O–H groups in total. The Hall–Kier alpha value is -1.38. The van der Waals surface area contributed by atoms with Gasteiger partial charge in [0.2, 0.25) is 0 Å². The van der Waals surface area contributed by atoms with E-state index in [-0.39, 0.29) is 10.8 Å². The van der Waals surface area contributed by atoms with Crippen LogP contribution >= 0.6 is 31.9 Å². The summed E-state index contributed by atoms with van der Waals surface area (Å²) in [6.45, 7) is 13.5. The molecule has 0 spiro atoms. The first-order chi connectivity index (χ1) is 13.0. The van der Waals surface area contributed by atoms with Gasteiger partial charge >= 0.3 is 0 Å². The van der Waals surface area contributed by atoms with E-state index in [1.54, 1.807) is 0 Å². The second-order valence-corrected chi connectivity index (χ2v) is 11.2. The quantitative estimate of drug-likeness (QED) is 0.329. The fourth-order valence-corrected chi connectivity index (χ4v) is 4.74. The second kappa shape index (κ2) is 7.80. The standard InChI is InChI=1S/C26H28Br2/c1-25(2,3)19-11-7-17(8-12-19)21-15-22(24(28)16-23(21)27)18-9-13-20(14-10-18)26(4,5)6/h7-16H,1-6H3. The summed E-state index contributed by atoms with van der Waals surface area (Å²) in [6, 6.07) is 22.3. The molecule has 3 aromatic rings. The molecule has 0 saturated heterocycles. The Labute approximate surface area is 186 Å². The minimum Gasteiger partial charge on any atom is -0.0579 e. The van der Waals surface area contributed by atoms with E-state index in [1.165, 1.54) is 33.4 Å². The number of benzene rings is 3. The molecule has 3 rings (SSSR count). The van der Waals surface area contributed by atoms with Crippen molar-refractivity contribution in [1.29, 1.82) is 0 Å². The van der Waals surface area contributed by atoms with Crippen LogP contribution in [0.1, 0.15) is 52.7 Å². The first-order valence-corrected chi connectivity index (χ1v) is 11.3. The van der Waals surface area contributed by atoms with Crippen LogP contribution in [0.15, 0.2) is 69.6 Å². The molecule has 0 aliphatic carbocycles. The molecule has 28 heavy (non-hydrogen) atoms. The van der Waals surface area contributed by atoms with Crippen molar-refractivity contribution in [3.05, 3.63) is 80.7 Å². The molecule has 0 aliphatic rings. The zero-order valence-corrected chi connectivity index (χ0v) is 20.7. The molecule has 146 valence electrons. The lowest BCUT2D eigenvalue weighted by Crippen LogP contribution is -2.10. The minimum atomic E-state index is 0.162. The van der Waals surface area contributed by atoms with Crippen LogP contribution in [0, 0.1) is 0 Å². The SMILES string of the molecule is CC(C)(C)c1ccc(-c2cc(-c3ccc(C(C)(C)C)cc3)c(Br)cc2Br)cc1. The van der Waals surface area contributed by atoms with Gasteiger partial charge in [0, 0.05) is 8.95 Å². The molecule has 3 aromatic carbocycles. The van der Waals surface area contributed by atoms with Gasteiger partial charge in [-0.25, -0.2) is 0 Å². The summed E-state index contributed by atoms with van der Waals surface area (Å²) < 4.78 is 2.19. The van der Waals surface area contributed by atoms with Gasteiger partial charge in [-0.15, -0.1) is 0 Å². The Morgan fingerprint density at radius 3 is 1.11 bits per heavy atom. The van der Waals surface area contributed by atoms with Crippen LogP contribution in [-0.4, -0.2) is 0 Å². The van der Waals surface area contributed by atoms with Crippen molar-refractivity contribution in [3.63, 3.8) is 0 Å². The van der Waals surface area contributed by atoms with Crippen molar-refractivity contribution < 1.29 is 0 Å². The van der Waals surface area contributed by atoms with Gasteiger partial charge in [0.25, 0.3) is 0 Å². The first kappa shape index (κ1) is 21.3. The zero-order valence-electron chi connectivity index (χ0n) is 17.5. The largest absolute Gasteiger partial charge is 0.0579 e. The molecule has 0 radical (unpaired) electrons. The molecule has 0 bridgehead atoms. The predicted octanol–water partition coefficient (Wildman–Crippen LogP) is 9.14. The maximum Gasteiger partial charge on any atom is 0.0265 e. The van der Waals surface area contributed by atoms with Crippen LogP contribution in [0.5, 0.6) is 0 Å². The highest BCUT2D eigenvalue weighted by Crippen LogP contribution is 2.39. The molecule has 0 aromatic heterocycles. The Bertz CT molecular complexity index is 888. The van der Waals surface area contributed by atoms with Gasteiger partial charge in [-0.3, -0.25) is 0 Å². The van der Waals surface area contributed by atoms with E-state index < -0.39 is 0 Å². The molecule has 0 heterocycles. The third kappa shape index (κ3) is 4.60. The van der Waals surface area contributed by atoms with E-state index in [9.17, 15) is 0 Å². The Balaban J connectivity index is 2.04. The predicted molar refractivity (Wildman–Crippen MR) is 130 cm³/mol. The smallest absolute Gasteiger partial charge is 0.0265 e. The summed E-state index contributed by atoms with van der Waals surface area (Å²) >= 11 is 7.51. The Morgan fingerprint density at radius 1 is 0.500 bits per heavy atom. The van der Waals surface area contributed by atoms with Crippen LogP contribution in [0.2, 0.25) is 0 Å². The van der Waals surface area contributed by atoms with Crippen molar-refractivity contribution in [2.24, 2.45) is 0 Å². The van der Waals surface area contributed by atoms with Gasteiger partial charge < -0.3 is 0 Å². The Kier molecular flexibility index (Phi) is 5.94. The lowest BCUT2D eigenvalue weighted by molar-refractivity contribution is 0.590. The number of hydrogen-bond donors (Lipinski definition) is 0. The monoisotopic (exact) mass is 498 g/mol. The highest BCUT2D eigenvalue weighted by atomic mass is 79.9. The third-order valence-electron chi connectivity index (χ3n) is 5.18. The lowest BCUT2D eigenvalue weighted by Gasteiger charge is -2.20. The summed E-state index contributed by atoms with van der Waals surface area (Å²) in [5.74, 6) is 0. The summed E-state index contributed by atoms with van der Waals surface area (Å²) in [5.41, 5.74) is 7.88. The van der Waals surface area contributed by atoms with Crippen molar-refractivity contribution in [3.8, 4) is 22.3 Å². The zero-order chi connectivity index (χ0) is 20.7. The summed E-state index contributed by atoms with van der Waals surface area (Å²) in [7, 11) is 0. The van der Waals surface area contributed by atoms with E-state index in [0.29, 0.717) is 0 Å². The molecule has 0 saturated carbocycles. The first-order valence-electron chi connectivity index (χ1n) is 9.68.